The van der Waals surface area contributed by atoms with E-state index in [4.69, 9.17) is 11.6 Å². The van der Waals surface area contributed by atoms with Crippen LogP contribution < -0.4 is 0 Å². The molecule has 5 heteroatoms. The summed E-state index contributed by atoms with van der Waals surface area (Å²) >= 11 is 6.17. The van der Waals surface area contributed by atoms with E-state index in [9.17, 15) is 0 Å². The van der Waals surface area contributed by atoms with Gasteiger partial charge in [0.25, 0.3) is 0 Å². The number of rotatable bonds is 2. The van der Waals surface area contributed by atoms with Gasteiger partial charge in [-0.2, -0.15) is 5.10 Å². The molecule has 2 heterocycles. The molecule has 2 aromatic heterocycles. The molecule has 0 atom stereocenters. The maximum atomic E-state index is 6.17. The van der Waals surface area contributed by atoms with Crippen molar-refractivity contribution in [1.82, 2.24) is 19.7 Å². The van der Waals surface area contributed by atoms with Gasteiger partial charge in [0.2, 0.25) is 0 Å². The monoisotopic (exact) mass is 250 g/mol. The number of aryl methyl sites for hydroxylation is 3. The average Bonchev–Trinajstić information content (AvgIpc) is 2.57. The SMILES string of the molecule is CCc1c(C)nc(-c2cn(C)nc2C)nc1Cl. The minimum atomic E-state index is 0.540. The number of halogens is 1. The molecular weight excluding hydrogens is 236 g/mol. The molecule has 0 bridgehead atoms. The van der Waals surface area contributed by atoms with Crippen molar-refractivity contribution in [3.8, 4) is 11.4 Å². The summed E-state index contributed by atoms with van der Waals surface area (Å²) in [7, 11) is 1.88. The first-order valence-electron chi connectivity index (χ1n) is 5.56. The Morgan fingerprint density at radius 2 is 1.94 bits per heavy atom. The van der Waals surface area contributed by atoms with E-state index < -0.39 is 0 Å². The Kier molecular flexibility index (Phi) is 3.15. The molecule has 0 unspecified atom stereocenters. The van der Waals surface area contributed by atoms with E-state index in [0.29, 0.717) is 11.0 Å². The van der Waals surface area contributed by atoms with Crippen LogP contribution in [0, 0.1) is 13.8 Å². The molecule has 0 amide bonds. The smallest absolute Gasteiger partial charge is 0.164 e. The predicted molar refractivity (Wildman–Crippen MR) is 68.1 cm³/mol. The Morgan fingerprint density at radius 3 is 2.41 bits per heavy atom. The Balaban J connectivity index is 2.58. The second kappa shape index (κ2) is 4.45. The van der Waals surface area contributed by atoms with Gasteiger partial charge in [0.05, 0.1) is 11.3 Å². The van der Waals surface area contributed by atoms with E-state index in [-0.39, 0.29) is 0 Å². The van der Waals surface area contributed by atoms with Crippen molar-refractivity contribution in [3.05, 3.63) is 28.3 Å². The van der Waals surface area contributed by atoms with Gasteiger partial charge < -0.3 is 0 Å². The first kappa shape index (κ1) is 12.0. The second-order valence-corrected chi connectivity index (χ2v) is 4.42. The summed E-state index contributed by atoms with van der Waals surface area (Å²) in [5.74, 6) is 0.648. The number of hydrogen-bond donors (Lipinski definition) is 0. The third-order valence-corrected chi connectivity index (χ3v) is 3.08. The molecule has 2 aromatic rings. The Morgan fingerprint density at radius 1 is 1.24 bits per heavy atom. The number of aromatic nitrogens is 4. The van der Waals surface area contributed by atoms with Crippen molar-refractivity contribution in [3.63, 3.8) is 0 Å². The standard InChI is InChI=1S/C12H15ClN4/c1-5-9-7(2)14-12(15-11(9)13)10-6-17(4)16-8(10)3/h6H,5H2,1-4H3. The van der Waals surface area contributed by atoms with E-state index in [1.54, 1.807) is 4.68 Å². The van der Waals surface area contributed by atoms with Gasteiger partial charge in [-0.3, -0.25) is 4.68 Å². The highest BCUT2D eigenvalue weighted by atomic mass is 35.5. The highest BCUT2D eigenvalue weighted by Crippen LogP contribution is 2.24. The first-order chi connectivity index (χ1) is 8.02. The maximum Gasteiger partial charge on any atom is 0.164 e. The Bertz CT molecular complexity index is 537. The molecule has 0 aliphatic heterocycles. The van der Waals surface area contributed by atoms with Crippen LogP contribution in [0.25, 0.3) is 11.4 Å². The largest absolute Gasteiger partial charge is 0.275 e. The van der Waals surface area contributed by atoms with E-state index in [1.807, 2.05) is 34.0 Å². The van der Waals surface area contributed by atoms with Gasteiger partial charge >= 0.3 is 0 Å². The van der Waals surface area contributed by atoms with Crippen LogP contribution in [-0.2, 0) is 13.5 Å². The minimum absolute atomic E-state index is 0.540. The van der Waals surface area contributed by atoms with Crippen molar-refractivity contribution in [2.24, 2.45) is 7.05 Å². The van der Waals surface area contributed by atoms with Crippen LogP contribution in [0.5, 0.6) is 0 Å². The molecule has 0 aliphatic rings. The fraction of sp³-hybridized carbons (Fsp3) is 0.417. The summed E-state index contributed by atoms with van der Waals surface area (Å²) in [5.41, 5.74) is 3.79. The van der Waals surface area contributed by atoms with Crippen LogP contribution in [-0.4, -0.2) is 19.7 Å². The lowest BCUT2D eigenvalue weighted by Gasteiger charge is -2.06. The summed E-state index contributed by atoms with van der Waals surface area (Å²) in [6, 6.07) is 0. The van der Waals surface area contributed by atoms with E-state index in [1.165, 1.54) is 0 Å². The molecule has 0 N–H and O–H groups in total. The van der Waals surface area contributed by atoms with E-state index >= 15 is 0 Å². The lowest BCUT2D eigenvalue weighted by atomic mass is 10.2. The molecule has 0 aliphatic carbocycles. The topological polar surface area (TPSA) is 43.6 Å². The summed E-state index contributed by atoms with van der Waals surface area (Å²) in [4.78, 5) is 8.85. The normalized spacial score (nSPS) is 10.9. The summed E-state index contributed by atoms with van der Waals surface area (Å²) < 4.78 is 1.75. The fourth-order valence-corrected chi connectivity index (χ4v) is 2.25. The van der Waals surface area contributed by atoms with Crippen molar-refractivity contribution in [2.75, 3.05) is 0 Å². The van der Waals surface area contributed by atoms with Crippen LogP contribution in [0.4, 0.5) is 0 Å². The Labute approximate surface area is 106 Å². The third-order valence-electron chi connectivity index (χ3n) is 2.77. The molecule has 4 nitrogen and oxygen atoms in total. The number of nitrogens with zero attached hydrogens (tertiary/aromatic N) is 4. The van der Waals surface area contributed by atoms with Gasteiger partial charge in [-0.25, -0.2) is 9.97 Å². The average molecular weight is 251 g/mol. The zero-order valence-corrected chi connectivity index (χ0v) is 11.2. The summed E-state index contributed by atoms with van der Waals surface area (Å²) in [6.07, 6.45) is 2.75. The van der Waals surface area contributed by atoms with Crippen LogP contribution in [0.2, 0.25) is 5.15 Å². The first-order valence-corrected chi connectivity index (χ1v) is 5.94. The van der Waals surface area contributed by atoms with Crippen LogP contribution in [0.1, 0.15) is 23.9 Å². The van der Waals surface area contributed by atoms with Crippen molar-refractivity contribution >= 4 is 11.6 Å². The van der Waals surface area contributed by atoms with Gasteiger partial charge in [-0.15, -0.1) is 0 Å². The molecule has 0 saturated heterocycles. The van der Waals surface area contributed by atoms with E-state index in [2.05, 4.69) is 15.1 Å². The lowest BCUT2D eigenvalue weighted by molar-refractivity contribution is 0.756. The van der Waals surface area contributed by atoms with Crippen molar-refractivity contribution in [2.45, 2.75) is 27.2 Å². The van der Waals surface area contributed by atoms with Crippen molar-refractivity contribution < 1.29 is 0 Å². The molecule has 0 spiro atoms. The van der Waals surface area contributed by atoms with Crippen LogP contribution >= 0.6 is 11.6 Å². The highest BCUT2D eigenvalue weighted by molar-refractivity contribution is 6.30. The quantitative estimate of drug-likeness (QED) is 0.770. The molecular formula is C12H15ClN4. The van der Waals surface area contributed by atoms with Gasteiger partial charge in [0.1, 0.15) is 5.15 Å². The molecule has 0 aromatic carbocycles. The van der Waals surface area contributed by atoms with Gasteiger partial charge in [-0.05, 0) is 20.3 Å². The maximum absolute atomic E-state index is 6.17. The molecule has 2 rings (SSSR count). The molecule has 17 heavy (non-hydrogen) atoms. The summed E-state index contributed by atoms with van der Waals surface area (Å²) in [6.45, 7) is 5.95. The van der Waals surface area contributed by atoms with Crippen molar-refractivity contribution in [1.29, 1.82) is 0 Å². The molecule has 90 valence electrons. The van der Waals surface area contributed by atoms with E-state index in [0.717, 1.165) is 28.9 Å². The predicted octanol–water partition coefficient (Wildman–Crippen LogP) is 2.71. The summed E-state index contributed by atoms with van der Waals surface area (Å²) in [5, 5.41) is 4.82. The molecule has 0 fully saturated rings. The molecule has 0 radical (unpaired) electrons. The Hall–Kier alpha value is -1.42. The highest BCUT2D eigenvalue weighted by Gasteiger charge is 2.13. The van der Waals surface area contributed by atoms with Gasteiger partial charge in [0.15, 0.2) is 5.82 Å². The van der Waals surface area contributed by atoms with Gasteiger partial charge in [0, 0.05) is 24.5 Å². The minimum Gasteiger partial charge on any atom is -0.275 e. The van der Waals surface area contributed by atoms with Crippen LogP contribution in [0.15, 0.2) is 6.20 Å². The number of hydrogen-bond acceptors (Lipinski definition) is 3. The fourth-order valence-electron chi connectivity index (χ4n) is 1.90. The zero-order chi connectivity index (χ0) is 12.6. The molecule has 0 saturated carbocycles. The van der Waals surface area contributed by atoms with Crippen LogP contribution in [0.3, 0.4) is 0 Å². The zero-order valence-electron chi connectivity index (χ0n) is 10.5. The second-order valence-electron chi connectivity index (χ2n) is 4.06. The van der Waals surface area contributed by atoms with Gasteiger partial charge in [-0.1, -0.05) is 18.5 Å². The third kappa shape index (κ3) is 2.17. The lowest BCUT2D eigenvalue weighted by Crippen LogP contribution is -1.99.